The molecule has 0 N–H and O–H groups in total. The van der Waals surface area contributed by atoms with E-state index in [-0.39, 0.29) is 12.2 Å². The van der Waals surface area contributed by atoms with E-state index in [0.717, 1.165) is 22.4 Å². The standard InChI is InChI=1S/C29H24N2O4S/c1-3-35-28(33)24-25(20-10-6-4-7-11-20)30-29-31(26(24)21-12-8-5-9-13-21)27(32)23(36-29)18-19-14-16-22(34-2)17-15-19/h4-18,26H,3H2,1-2H3/b23-18-. The van der Waals surface area contributed by atoms with Gasteiger partial charge in [-0.15, -0.1) is 0 Å². The lowest BCUT2D eigenvalue weighted by atomic mass is 9.93. The Morgan fingerprint density at radius 1 is 1.00 bits per heavy atom. The van der Waals surface area contributed by atoms with Crippen molar-refractivity contribution in [2.24, 2.45) is 4.99 Å². The molecule has 0 amide bonds. The second-order valence-corrected chi connectivity index (χ2v) is 9.12. The predicted molar refractivity (Wildman–Crippen MR) is 140 cm³/mol. The first-order valence-electron chi connectivity index (χ1n) is 11.6. The van der Waals surface area contributed by atoms with Crippen molar-refractivity contribution in [2.45, 2.75) is 13.0 Å². The fourth-order valence-corrected chi connectivity index (χ4v) is 5.24. The van der Waals surface area contributed by atoms with Crippen LogP contribution in [-0.4, -0.2) is 24.3 Å². The number of esters is 1. The normalized spacial score (nSPS) is 15.3. The zero-order valence-corrected chi connectivity index (χ0v) is 20.7. The van der Waals surface area contributed by atoms with Gasteiger partial charge in [0.15, 0.2) is 4.80 Å². The quantitative estimate of drug-likeness (QED) is 0.379. The predicted octanol–water partition coefficient (Wildman–Crippen LogP) is 3.94. The number of fused-ring (bicyclic) bond motifs is 1. The van der Waals surface area contributed by atoms with E-state index >= 15 is 0 Å². The Morgan fingerprint density at radius 2 is 1.67 bits per heavy atom. The van der Waals surface area contributed by atoms with E-state index in [2.05, 4.69) is 0 Å². The lowest BCUT2D eigenvalue weighted by Crippen LogP contribution is -2.39. The van der Waals surface area contributed by atoms with Crippen molar-refractivity contribution < 1.29 is 14.3 Å². The lowest BCUT2D eigenvalue weighted by Gasteiger charge is -2.25. The molecule has 0 radical (unpaired) electrons. The van der Waals surface area contributed by atoms with Crippen LogP contribution in [0.1, 0.15) is 29.7 Å². The van der Waals surface area contributed by atoms with Crippen LogP contribution in [0.2, 0.25) is 0 Å². The average Bonchev–Trinajstić information content (AvgIpc) is 3.23. The fraction of sp³-hybridized carbons (Fsp3) is 0.138. The van der Waals surface area contributed by atoms with Crippen LogP contribution in [0.3, 0.4) is 0 Å². The molecule has 1 aliphatic heterocycles. The van der Waals surface area contributed by atoms with Crippen molar-refractivity contribution in [3.8, 4) is 5.75 Å². The molecule has 7 heteroatoms. The molecular weight excluding hydrogens is 472 g/mol. The Balaban J connectivity index is 1.79. The smallest absolute Gasteiger partial charge is 0.338 e. The zero-order valence-electron chi connectivity index (χ0n) is 19.9. The van der Waals surface area contributed by atoms with Gasteiger partial charge in [0.1, 0.15) is 5.75 Å². The monoisotopic (exact) mass is 496 g/mol. The van der Waals surface area contributed by atoms with Crippen LogP contribution in [0.4, 0.5) is 0 Å². The van der Waals surface area contributed by atoms with Crippen LogP contribution in [0.5, 0.6) is 5.75 Å². The Bertz CT molecular complexity index is 1600. The van der Waals surface area contributed by atoms with Crippen molar-refractivity contribution in [3.63, 3.8) is 0 Å². The molecular formula is C29H24N2O4S. The number of benzene rings is 3. The molecule has 0 saturated carbocycles. The van der Waals surface area contributed by atoms with Gasteiger partial charge in [-0.05, 0) is 36.3 Å². The summed E-state index contributed by atoms with van der Waals surface area (Å²) in [5.74, 6) is 0.252. The topological polar surface area (TPSA) is 69.9 Å². The maximum Gasteiger partial charge on any atom is 0.338 e. The highest BCUT2D eigenvalue weighted by Crippen LogP contribution is 2.35. The van der Waals surface area contributed by atoms with E-state index in [1.807, 2.05) is 91.0 Å². The molecule has 0 bridgehead atoms. The Labute approximate surface area is 212 Å². The second-order valence-electron chi connectivity index (χ2n) is 8.12. The number of thiazole rings is 1. The van der Waals surface area contributed by atoms with Crippen molar-refractivity contribution in [1.29, 1.82) is 0 Å². The van der Waals surface area contributed by atoms with Crippen molar-refractivity contribution in [3.05, 3.63) is 127 Å². The summed E-state index contributed by atoms with van der Waals surface area (Å²) in [6.07, 6.45) is 1.83. The molecule has 4 aromatic rings. The summed E-state index contributed by atoms with van der Waals surface area (Å²) in [7, 11) is 1.61. The molecule has 180 valence electrons. The van der Waals surface area contributed by atoms with Crippen LogP contribution in [0.15, 0.2) is 100 Å². The van der Waals surface area contributed by atoms with Crippen LogP contribution in [0, 0.1) is 0 Å². The number of methoxy groups -OCH3 is 1. The third-order valence-electron chi connectivity index (χ3n) is 5.90. The SMILES string of the molecule is CCOC(=O)C1=C(c2ccccc2)N=c2s/c(=C\c3ccc(OC)cc3)c(=O)n2C1c1ccccc1. The lowest BCUT2D eigenvalue weighted by molar-refractivity contribution is -0.138. The van der Waals surface area contributed by atoms with Gasteiger partial charge in [-0.3, -0.25) is 9.36 Å². The molecule has 6 nitrogen and oxygen atoms in total. The highest BCUT2D eigenvalue weighted by molar-refractivity contribution is 7.07. The first kappa shape index (κ1) is 23.5. The molecule has 1 aliphatic rings. The Kier molecular flexibility index (Phi) is 6.64. The largest absolute Gasteiger partial charge is 0.497 e. The van der Waals surface area contributed by atoms with Gasteiger partial charge < -0.3 is 9.47 Å². The minimum Gasteiger partial charge on any atom is -0.497 e. The van der Waals surface area contributed by atoms with Crippen molar-refractivity contribution in [1.82, 2.24) is 4.57 Å². The van der Waals surface area contributed by atoms with E-state index in [1.165, 1.54) is 11.3 Å². The molecule has 0 aliphatic carbocycles. The highest BCUT2D eigenvalue weighted by Gasteiger charge is 2.35. The third kappa shape index (κ3) is 4.41. The summed E-state index contributed by atoms with van der Waals surface area (Å²) in [4.78, 5) is 32.5. The number of aromatic nitrogens is 1. The van der Waals surface area contributed by atoms with Crippen LogP contribution in [-0.2, 0) is 9.53 Å². The third-order valence-corrected chi connectivity index (χ3v) is 6.89. The van der Waals surface area contributed by atoms with Crippen LogP contribution < -0.4 is 19.6 Å². The minimum atomic E-state index is -0.672. The van der Waals surface area contributed by atoms with Crippen molar-refractivity contribution in [2.75, 3.05) is 13.7 Å². The van der Waals surface area contributed by atoms with E-state index in [4.69, 9.17) is 14.5 Å². The molecule has 1 unspecified atom stereocenters. The van der Waals surface area contributed by atoms with Gasteiger partial charge in [-0.1, -0.05) is 84.1 Å². The number of hydrogen-bond donors (Lipinski definition) is 0. The average molecular weight is 497 g/mol. The summed E-state index contributed by atoms with van der Waals surface area (Å²) in [5.41, 5.74) is 3.11. The summed E-state index contributed by atoms with van der Waals surface area (Å²) in [5, 5.41) is 0. The molecule has 1 aromatic heterocycles. The van der Waals surface area contributed by atoms with Gasteiger partial charge in [0.05, 0.1) is 35.6 Å². The van der Waals surface area contributed by atoms with E-state index < -0.39 is 12.0 Å². The maximum absolute atomic E-state index is 13.8. The maximum atomic E-state index is 13.8. The van der Waals surface area contributed by atoms with Crippen LogP contribution in [0.25, 0.3) is 11.8 Å². The molecule has 1 atom stereocenters. The van der Waals surface area contributed by atoms with E-state index in [0.29, 0.717) is 20.6 Å². The highest BCUT2D eigenvalue weighted by atomic mass is 32.1. The molecule has 5 rings (SSSR count). The number of nitrogens with zero attached hydrogens (tertiary/aromatic N) is 2. The van der Waals surface area contributed by atoms with E-state index in [9.17, 15) is 9.59 Å². The molecule has 3 aromatic carbocycles. The summed E-state index contributed by atoms with van der Waals surface area (Å²) in [6, 6.07) is 25.9. The zero-order chi connectivity index (χ0) is 25.1. The first-order valence-corrected chi connectivity index (χ1v) is 12.4. The molecule has 2 heterocycles. The number of carbonyl (C=O) groups is 1. The van der Waals surface area contributed by atoms with Gasteiger partial charge in [0.25, 0.3) is 5.56 Å². The van der Waals surface area contributed by atoms with Gasteiger partial charge in [-0.2, -0.15) is 0 Å². The van der Waals surface area contributed by atoms with Gasteiger partial charge in [0, 0.05) is 5.56 Å². The van der Waals surface area contributed by atoms with Gasteiger partial charge in [0.2, 0.25) is 0 Å². The number of ether oxygens (including phenoxy) is 2. The molecule has 36 heavy (non-hydrogen) atoms. The minimum absolute atomic E-state index is 0.211. The first-order chi connectivity index (χ1) is 17.6. The second kappa shape index (κ2) is 10.2. The summed E-state index contributed by atoms with van der Waals surface area (Å²) < 4.78 is 12.8. The van der Waals surface area contributed by atoms with Crippen LogP contribution >= 0.6 is 11.3 Å². The molecule has 0 fully saturated rings. The summed E-state index contributed by atoms with van der Waals surface area (Å²) >= 11 is 1.30. The Morgan fingerprint density at radius 3 is 2.31 bits per heavy atom. The Hall–Kier alpha value is -4.23. The van der Waals surface area contributed by atoms with Gasteiger partial charge in [-0.25, -0.2) is 9.79 Å². The van der Waals surface area contributed by atoms with Crippen molar-refractivity contribution >= 4 is 29.1 Å². The molecule has 0 saturated heterocycles. The summed E-state index contributed by atoms with van der Waals surface area (Å²) in [6.45, 7) is 1.98. The van der Waals surface area contributed by atoms with Gasteiger partial charge >= 0.3 is 5.97 Å². The number of hydrogen-bond acceptors (Lipinski definition) is 6. The fourth-order valence-electron chi connectivity index (χ4n) is 4.24. The number of rotatable bonds is 6. The van der Waals surface area contributed by atoms with E-state index in [1.54, 1.807) is 18.6 Å². The molecule has 0 spiro atoms. The number of carbonyl (C=O) groups excluding carboxylic acids is 1.